The number of fused-ring (bicyclic) bond motifs is 1. The molecule has 0 radical (unpaired) electrons. The fourth-order valence-electron chi connectivity index (χ4n) is 5.14. The molecule has 12 heteroatoms. The van der Waals surface area contributed by atoms with Crippen molar-refractivity contribution >= 4 is 44.9 Å². The lowest BCUT2D eigenvalue weighted by Crippen LogP contribution is -2.57. The van der Waals surface area contributed by atoms with E-state index in [2.05, 4.69) is 21.2 Å². The third-order valence-corrected chi connectivity index (χ3v) is 8.18. The average Bonchev–Trinajstić information content (AvgIpc) is 3.41. The van der Waals surface area contributed by atoms with Gasteiger partial charge in [-0.2, -0.15) is 0 Å². The van der Waals surface area contributed by atoms with Gasteiger partial charge in [-0.1, -0.05) is 74.8 Å². The molecule has 4 rings (SSSR count). The van der Waals surface area contributed by atoms with Crippen LogP contribution < -0.4 is 10.1 Å². The third-order valence-electron chi connectivity index (χ3n) is 7.69. The predicted molar refractivity (Wildman–Crippen MR) is 172 cm³/mol. The van der Waals surface area contributed by atoms with Crippen molar-refractivity contribution in [2.24, 2.45) is 10.8 Å². The van der Waals surface area contributed by atoms with E-state index in [1.54, 1.807) is 0 Å². The maximum Gasteiger partial charge on any atom is 0.407 e. The van der Waals surface area contributed by atoms with Gasteiger partial charge in [-0.3, -0.25) is 4.79 Å². The minimum Gasteiger partial charge on any atom is -0.471 e. The van der Waals surface area contributed by atoms with Gasteiger partial charge in [0.25, 0.3) is 0 Å². The molecule has 1 saturated heterocycles. The Hall–Kier alpha value is -3.77. The second-order valence-electron chi connectivity index (χ2n) is 13.0. The lowest BCUT2D eigenvalue weighted by molar-refractivity contribution is -0.152. The summed E-state index contributed by atoms with van der Waals surface area (Å²) in [6.45, 7) is 9.27. The molecule has 0 bridgehead atoms. The number of benzene rings is 2. The van der Waals surface area contributed by atoms with Crippen LogP contribution in [0.25, 0.3) is 22.3 Å². The Balaban J connectivity index is 1.60. The number of ether oxygens (including phenoxy) is 3. The van der Waals surface area contributed by atoms with E-state index >= 15 is 0 Å². The molecule has 0 saturated carbocycles. The number of aliphatic hydroxyl groups excluding tert-OH is 1. The van der Waals surface area contributed by atoms with Crippen molar-refractivity contribution in [2.45, 2.75) is 65.6 Å². The molecule has 2 aromatic carbocycles. The molecule has 242 valence electrons. The van der Waals surface area contributed by atoms with Crippen molar-refractivity contribution < 1.29 is 33.7 Å². The molecule has 2 heterocycles. The summed E-state index contributed by atoms with van der Waals surface area (Å²) >= 11 is 3.52. The zero-order chi connectivity index (χ0) is 32.9. The highest BCUT2D eigenvalue weighted by molar-refractivity contribution is 9.10. The Morgan fingerprint density at radius 2 is 1.76 bits per heavy atom. The van der Waals surface area contributed by atoms with E-state index in [0.717, 1.165) is 10.0 Å². The van der Waals surface area contributed by atoms with Crippen LogP contribution in [0.4, 0.5) is 4.79 Å². The topological polar surface area (TPSA) is 140 Å². The predicted octanol–water partition coefficient (Wildman–Crippen LogP) is 5.13. The highest BCUT2D eigenvalue weighted by atomic mass is 79.9. The van der Waals surface area contributed by atoms with Crippen LogP contribution in [0.15, 0.2) is 53.0 Å². The maximum atomic E-state index is 14.1. The number of nitrogens with zero attached hydrogens (tertiary/aromatic N) is 3. The largest absolute Gasteiger partial charge is 0.471 e. The molecule has 1 aromatic heterocycles. The summed E-state index contributed by atoms with van der Waals surface area (Å²) in [4.78, 5) is 50.9. The molecule has 11 nitrogen and oxygen atoms in total. The molecule has 3 aromatic rings. The van der Waals surface area contributed by atoms with Gasteiger partial charge >= 0.3 is 12.1 Å². The number of methoxy groups -OCH3 is 1. The summed E-state index contributed by atoms with van der Waals surface area (Å²) in [5.41, 5.74) is 1.47. The lowest BCUT2D eigenvalue weighted by Gasteiger charge is -2.35. The lowest BCUT2D eigenvalue weighted by atomic mass is 9.85. The van der Waals surface area contributed by atoms with Crippen LogP contribution in [0.5, 0.6) is 5.88 Å². The van der Waals surface area contributed by atoms with E-state index in [-0.39, 0.29) is 32.1 Å². The fraction of sp³-hybridized carbons (Fsp3) is 0.485. The summed E-state index contributed by atoms with van der Waals surface area (Å²) in [7, 11) is 1.27. The molecule has 0 aliphatic carbocycles. The Kier molecular flexibility index (Phi) is 10.7. The molecule has 2 amide bonds. The van der Waals surface area contributed by atoms with Gasteiger partial charge in [0.05, 0.1) is 31.3 Å². The van der Waals surface area contributed by atoms with Crippen LogP contribution in [-0.2, 0) is 19.1 Å². The zero-order valence-corrected chi connectivity index (χ0v) is 28.1. The normalized spacial score (nSPS) is 17.6. The minimum atomic E-state index is -1.02. The SMILES string of the molecule is COC(=O)[C@@H]1C[C@@H](Oc2nc3ccccc3nc2-c2cccc(Br)c2)CN1C(=O)[C@@H](NC(=O)OCC(C)(C)CCO)C(C)(C)C. The van der Waals surface area contributed by atoms with Crippen molar-refractivity contribution in [1.82, 2.24) is 20.2 Å². The van der Waals surface area contributed by atoms with E-state index in [4.69, 9.17) is 24.2 Å². The van der Waals surface area contributed by atoms with Gasteiger partial charge in [-0.15, -0.1) is 0 Å². The van der Waals surface area contributed by atoms with Crippen LogP contribution in [-0.4, -0.2) is 83.0 Å². The first-order valence-electron chi connectivity index (χ1n) is 14.8. The number of aromatic nitrogens is 2. The molecule has 1 aliphatic heterocycles. The van der Waals surface area contributed by atoms with Crippen LogP contribution in [0.2, 0.25) is 0 Å². The number of nitrogens with one attached hydrogen (secondary N) is 1. The summed E-state index contributed by atoms with van der Waals surface area (Å²) in [5.74, 6) is -0.783. The first kappa shape index (κ1) is 34.1. The van der Waals surface area contributed by atoms with Gasteiger partial charge in [0, 0.05) is 28.5 Å². The number of para-hydroxylation sites is 2. The van der Waals surface area contributed by atoms with E-state index in [1.807, 2.05) is 83.1 Å². The smallest absolute Gasteiger partial charge is 0.407 e. The minimum absolute atomic E-state index is 0.0383. The monoisotopic (exact) mass is 684 g/mol. The third kappa shape index (κ3) is 8.49. The first-order chi connectivity index (χ1) is 21.2. The van der Waals surface area contributed by atoms with E-state index in [1.165, 1.54) is 12.0 Å². The molecule has 45 heavy (non-hydrogen) atoms. The zero-order valence-electron chi connectivity index (χ0n) is 26.5. The molecule has 2 N–H and O–H groups in total. The second kappa shape index (κ2) is 14.1. The fourth-order valence-corrected chi connectivity index (χ4v) is 5.54. The number of carbonyl (C=O) groups excluding carboxylic acids is 3. The molecule has 0 unspecified atom stereocenters. The van der Waals surface area contributed by atoms with E-state index < -0.39 is 47.0 Å². The summed E-state index contributed by atoms with van der Waals surface area (Å²) in [5, 5.41) is 12.0. The average molecular weight is 686 g/mol. The van der Waals surface area contributed by atoms with Crippen molar-refractivity contribution in [1.29, 1.82) is 0 Å². The molecular weight excluding hydrogens is 644 g/mol. The number of rotatable bonds is 10. The van der Waals surface area contributed by atoms with Crippen molar-refractivity contribution in [2.75, 3.05) is 26.9 Å². The van der Waals surface area contributed by atoms with Crippen LogP contribution in [0.3, 0.4) is 0 Å². The molecule has 3 atom stereocenters. The number of alkyl carbamates (subject to hydrolysis) is 1. The highest BCUT2D eigenvalue weighted by Gasteiger charge is 2.46. The van der Waals surface area contributed by atoms with Crippen molar-refractivity contribution in [3.8, 4) is 17.1 Å². The Labute approximate surface area is 271 Å². The Bertz CT molecular complexity index is 1540. The second-order valence-corrected chi connectivity index (χ2v) is 14.0. The van der Waals surface area contributed by atoms with Crippen molar-refractivity contribution in [3.63, 3.8) is 0 Å². The van der Waals surface area contributed by atoms with Crippen LogP contribution >= 0.6 is 15.9 Å². The number of likely N-dealkylation sites (tertiary alicyclic amines) is 1. The quantitative estimate of drug-likeness (QED) is 0.278. The van der Waals surface area contributed by atoms with Gasteiger partial charge in [0.2, 0.25) is 11.8 Å². The van der Waals surface area contributed by atoms with Gasteiger partial charge < -0.3 is 29.5 Å². The number of hydrogen-bond acceptors (Lipinski definition) is 9. The van der Waals surface area contributed by atoms with Gasteiger partial charge in [0.1, 0.15) is 23.9 Å². The number of aliphatic hydroxyl groups is 1. The number of esters is 1. The highest BCUT2D eigenvalue weighted by Crippen LogP contribution is 2.34. The Morgan fingerprint density at radius 3 is 2.38 bits per heavy atom. The molecule has 1 fully saturated rings. The maximum absolute atomic E-state index is 14.1. The van der Waals surface area contributed by atoms with E-state index in [0.29, 0.717) is 23.1 Å². The van der Waals surface area contributed by atoms with Crippen LogP contribution in [0.1, 0.15) is 47.5 Å². The number of halogens is 1. The standard InChI is InChI=1S/C33H41BrN4O7/c1-32(2,3)27(37-31(42)44-19-33(4,5)14-15-39)29(40)38-18-22(17-25(38)30(41)43-6)45-28-26(20-10-9-11-21(34)16-20)35-23-12-7-8-13-24(23)36-28/h7-13,16,22,25,27,39H,14-15,17-19H2,1-6H3,(H,37,42)/t22-,25+,27-/m1/s1. The first-order valence-corrected chi connectivity index (χ1v) is 15.6. The molecule has 1 aliphatic rings. The molecule has 0 spiro atoms. The number of carbonyl (C=O) groups is 3. The van der Waals surface area contributed by atoms with Gasteiger partial charge in [-0.25, -0.2) is 19.6 Å². The Morgan fingerprint density at radius 1 is 1.07 bits per heavy atom. The van der Waals surface area contributed by atoms with E-state index in [9.17, 15) is 19.5 Å². The van der Waals surface area contributed by atoms with Gasteiger partial charge in [-0.05, 0) is 36.1 Å². The summed E-state index contributed by atoms with van der Waals surface area (Å²) < 4.78 is 17.8. The van der Waals surface area contributed by atoms with Crippen molar-refractivity contribution in [3.05, 3.63) is 53.0 Å². The summed E-state index contributed by atoms with van der Waals surface area (Å²) in [6.07, 6.45) is -0.781. The molecular formula is C33H41BrN4O7. The van der Waals surface area contributed by atoms with Crippen LogP contribution in [0, 0.1) is 10.8 Å². The number of hydrogen-bond donors (Lipinski definition) is 2. The summed E-state index contributed by atoms with van der Waals surface area (Å²) in [6, 6.07) is 13.1. The van der Waals surface area contributed by atoms with Gasteiger partial charge in [0.15, 0.2) is 0 Å². The number of amides is 2.